The number of carboxylic acids is 1. The summed E-state index contributed by atoms with van der Waals surface area (Å²) in [6, 6.07) is 7.52. The van der Waals surface area contributed by atoms with Crippen molar-refractivity contribution in [2.75, 3.05) is 11.4 Å². The standard InChI is InChI=1S/C14H19NO3/c1-10(2)14(18)15(9-8-13(16)17)12-6-4-11(3)5-7-12/h4-7,10H,8-9H2,1-3H3,(H,16,17). The SMILES string of the molecule is Cc1ccc(N(CCC(=O)O)C(=O)C(C)C)cc1. The number of carbonyl (C=O) groups excluding carboxylic acids is 1. The van der Waals surface area contributed by atoms with Crippen LogP contribution in [0.4, 0.5) is 5.69 Å². The van der Waals surface area contributed by atoms with Crippen LogP contribution >= 0.6 is 0 Å². The van der Waals surface area contributed by atoms with Gasteiger partial charge in [-0.15, -0.1) is 0 Å². The van der Waals surface area contributed by atoms with E-state index in [1.165, 1.54) is 4.90 Å². The van der Waals surface area contributed by atoms with Crippen molar-refractivity contribution in [3.8, 4) is 0 Å². The normalized spacial score (nSPS) is 10.4. The molecule has 1 aromatic rings. The third kappa shape index (κ3) is 3.87. The number of hydrogen-bond acceptors (Lipinski definition) is 2. The molecule has 0 spiro atoms. The fourth-order valence-corrected chi connectivity index (χ4v) is 1.61. The number of nitrogens with zero attached hydrogens (tertiary/aromatic N) is 1. The Hall–Kier alpha value is -1.84. The molecule has 0 unspecified atom stereocenters. The predicted octanol–water partition coefficient (Wildman–Crippen LogP) is 2.46. The Morgan fingerprint density at radius 1 is 1.22 bits per heavy atom. The highest BCUT2D eigenvalue weighted by Crippen LogP contribution is 2.18. The van der Waals surface area contributed by atoms with Gasteiger partial charge in [0.05, 0.1) is 6.42 Å². The molecule has 0 saturated carbocycles. The first kappa shape index (κ1) is 14.2. The second-order valence-corrected chi connectivity index (χ2v) is 4.62. The molecule has 0 fully saturated rings. The summed E-state index contributed by atoms with van der Waals surface area (Å²) in [5, 5.41) is 8.74. The predicted molar refractivity (Wildman–Crippen MR) is 70.6 cm³/mol. The quantitative estimate of drug-likeness (QED) is 0.872. The average Bonchev–Trinajstić information content (AvgIpc) is 2.30. The van der Waals surface area contributed by atoms with Crippen LogP contribution in [0.1, 0.15) is 25.8 Å². The highest BCUT2D eigenvalue weighted by Gasteiger charge is 2.19. The van der Waals surface area contributed by atoms with Crippen molar-refractivity contribution in [2.24, 2.45) is 5.92 Å². The maximum absolute atomic E-state index is 12.1. The average molecular weight is 249 g/mol. The van der Waals surface area contributed by atoms with Gasteiger partial charge in [-0.25, -0.2) is 0 Å². The molecule has 18 heavy (non-hydrogen) atoms. The fraction of sp³-hybridized carbons (Fsp3) is 0.429. The molecule has 0 aliphatic rings. The van der Waals surface area contributed by atoms with Crippen LogP contribution in [0.2, 0.25) is 0 Å². The summed E-state index contributed by atoms with van der Waals surface area (Å²) in [5.41, 5.74) is 1.86. The molecular formula is C14H19NO3. The van der Waals surface area contributed by atoms with Crippen LogP contribution in [0.3, 0.4) is 0 Å². The van der Waals surface area contributed by atoms with E-state index in [4.69, 9.17) is 5.11 Å². The molecule has 1 aromatic carbocycles. The molecule has 1 amide bonds. The van der Waals surface area contributed by atoms with Gasteiger partial charge in [0.25, 0.3) is 0 Å². The Bertz CT molecular complexity index is 423. The van der Waals surface area contributed by atoms with Gasteiger partial charge in [0.1, 0.15) is 0 Å². The Kier molecular flexibility index (Phi) is 4.89. The van der Waals surface area contributed by atoms with Crippen LogP contribution in [-0.4, -0.2) is 23.5 Å². The topological polar surface area (TPSA) is 57.6 Å². The first-order valence-corrected chi connectivity index (χ1v) is 6.01. The molecule has 4 nitrogen and oxygen atoms in total. The molecular weight excluding hydrogens is 230 g/mol. The Morgan fingerprint density at radius 3 is 2.22 bits per heavy atom. The molecule has 0 aliphatic carbocycles. The van der Waals surface area contributed by atoms with Gasteiger partial charge in [0.2, 0.25) is 5.91 Å². The molecule has 0 aromatic heterocycles. The second-order valence-electron chi connectivity index (χ2n) is 4.62. The van der Waals surface area contributed by atoms with E-state index in [0.717, 1.165) is 11.3 Å². The lowest BCUT2D eigenvalue weighted by Crippen LogP contribution is -2.36. The van der Waals surface area contributed by atoms with E-state index in [0.29, 0.717) is 0 Å². The second kappa shape index (κ2) is 6.19. The summed E-state index contributed by atoms with van der Waals surface area (Å²) in [7, 11) is 0. The summed E-state index contributed by atoms with van der Waals surface area (Å²) in [6.07, 6.45) is -0.0493. The first-order chi connectivity index (χ1) is 8.41. The molecule has 0 saturated heterocycles. The Balaban J connectivity index is 2.92. The van der Waals surface area contributed by atoms with Crippen molar-refractivity contribution in [1.82, 2.24) is 0 Å². The maximum atomic E-state index is 12.1. The van der Waals surface area contributed by atoms with Crippen molar-refractivity contribution in [3.63, 3.8) is 0 Å². The zero-order chi connectivity index (χ0) is 13.7. The van der Waals surface area contributed by atoms with Crippen LogP contribution in [0, 0.1) is 12.8 Å². The molecule has 4 heteroatoms. The molecule has 1 N–H and O–H groups in total. The van der Waals surface area contributed by atoms with Crippen molar-refractivity contribution in [1.29, 1.82) is 0 Å². The lowest BCUT2D eigenvalue weighted by Gasteiger charge is -2.24. The van der Waals surface area contributed by atoms with Crippen LogP contribution in [-0.2, 0) is 9.59 Å². The number of aliphatic carboxylic acids is 1. The van der Waals surface area contributed by atoms with Crippen molar-refractivity contribution < 1.29 is 14.7 Å². The van der Waals surface area contributed by atoms with Crippen molar-refractivity contribution >= 4 is 17.6 Å². The van der Waals surface area contributed by atoms with E-state index in [1.54, 1.807) is 0 Å². The van der Waals surface area contributed by atoms with E-state index < -0.39 is 5.97 Å². The van der Waals surface area contributed by atoms with E-state index in [9.17, 15) is 9.59 Å². The van der Waals surface area contributed by atoms with Gasteiger partial charge in [0.15, 0.2) is 0 Å². The minimum atomic E-state index is -0.899. The third-order valence-corrected chi connectivity index (χ3v) is 2.65. The molecule has 0 radical (unpaired) electrons. The van der Waals surface area contributed by atoms with E-state index in [2.05, 4.69) is 0 Å². The van der Waals surface area contributed by atoms with Gasteiger partial charge < -0.3 is 10.0 Å². The van der Waals surface area contributed by atoms with Crippen molar-refractivity contribution in [2.45, 2.75) is 27.2 Å². The monoisotopic (exact) mass is 249 g/mol. The molecule has 0 heterocycles. The summed E-state index contributed by atoms with van der Waals surface area (Å²) in [4.78, 5) is 24.3. The smallest absolute Gasteiger partial charge is 0.305 e. The van der Waals surface area contributed by atoms with E-state index in [-0.39, 0.29) is 24.8 Å². The summed E-state index contributed by atoms with van der Waals surface area (Å²) in [6.45, 7) is 5.79. The van der Waals surface area contributed by atoms with Crippen LogP contribution in [0.25, 0.3) is 0 Å². The van der Waals surface area contributed by atoms with Gasteiger partial charge in [0, 0.05) is 18.2 Å². The number of hydrogen-bond donors (Lipinski definition) is 1. The maximum Gasteiger partial charge on any atom is 0.305 e. The van der Waals surface area contributed by atoms with Crippen LogP contribution in [0.15, 0.2) is 24.3 Å². The third-order valence-electron chi connectivity index (χ3n) is 2.65. The molecule has 0 atom stereocenters. The summed E-state index contributed by atoms with van der Waals surface area (Å²) in [5.74, 6) is -1.11. The fourth-order valence-electron chi connectivity index (χ4n) is 1.61. The summed E-state index contributed by atoms with van der Waals surface area (Å²) < 4.78 is 0. The number of anilines is 1. The van der Waals surface area contributed by atoms with Gasteiger partial charge in [-0.2, -0.15) is 0 Å². The number of amides is 1. The number of carbonyl (C=O) groups is 2. The zero-order valence-electron chi connectivity index (χ0n) is 11.0. The van der Waals surface area contributed by atoms with E-state index >= 15 is 0 Å². The number of benzene rings is 1. The van der Waals surface area contributed by atoms with E-state index in [1.807, 2.05) is 45.0 Å². The number of rotatable bonds is 5. The highest BCUT2D eigenvalue weighted by molar-refractivity contribution is 5.95. The lowest BCUT2D eigenvalue weighted by molar-refractivity contribution is -0.136. The Labute approximate surface area is 107 Å². The van der Waals surface area contributed by atoms with Gasteiger partial charge in [-0.3, -0.25) is 9.59 Å². The van der Waals surface area contributed by atoms with Crippen molar-refractivity contribution in [3.05, 3.63) is 29.8 Å². The lowest BCUT2D eigenvalue weighted by atomic mass is 10.1. The van der Waals surface area contributed by atoms with Crippen LogP contribution < -0.4 is 4.90 Å². The largest absolute Gasteiger partial charge is 0.481 e. The minimum absolute atomic E-state index is 0.0493. The van der Waals surface area contributed by atoms with Crippen LogP contribution in [0.5, 0.6) is 0 Å². The van der Waals surface area contributed by atoms with Gasteiger partial charge in [-0.05, 0) is 19.1 Å². The molecule has 0 aliphatic heterocycles. The summed E-state index contributed by atoms with van der Waals surface area (Å²) >= 11 is 0. The molecule has 98 valence electrons. The zero-order valence-corrected chi connectivity index (χ0v) is 11.0. The Morgan fingerprint density at radius 2 is 1.78 bits per heavy atom. The van der Waals surface area contributed by atoms with Gasteiger partial charge >= 0.3 is 5.97 Å². The van der Waals surface area contributed by atoms with Gasteiger partial charge in [-0.1, -0.05) is 31.5 Å². The molecule has 0 bridgehead atoms. The molecule has 1 rings (SSSR count). The first-order valence-electron chi connectivity index (χ1n) is 6.01. The highest BCUT2D eigenvalue weighted by atomic mass is 16.4. The number of aryl methyl sites for hydroxylation is 1. The number of carboxylic acid groups (broad SMARTS) is 1. The minimum Gasteiger partial charge on any atom is -0.481 e.